The maximum Gasteiger partial charge on any atom is 0.174 e. The largest absolute Gasteiger partial charge is 0.377 e. The fourth-order valence-electron chi connectivity index (χ4n) is 0.658. The molecule has 0 aliphatic carbocycles. The third-order valence-electron chi connectivity index (χ3n) is 1.15. The van der Waals surface area contributed by atoms with Crippen molar-refractivity contribution in [3.05, 3.63) is 15.9 Å². The first-order valence-electron chi connectivity index (χ1n) is 2.87. The number of nitrogens with zero attached hydrogens (tertiary/aromatic N) is 1. The Bertz CT molecular complexity index is 258. The molecular weight excluding hydrogens is 214 g/mol. The molecule has 1 rings (SSSR count). The van der Waals surface area contributed by atoms with Gasteiger partial charge in [0, 0.05) is 7.11 Å². The number of carbonyl (C=O) groups excluding carboxylic acids is 1. The lowest BCUT2D eigenvalue weighted by atomic mass is 10.3. The van der Waals surface area contributed by atoms with E-state index in [0.29, 0.717) is 22.2 Å². The molecule has 0 unspecified atom stereocenters. The molecule has 5 heteroatoms. The van der Waals surface area contributed by atoms with Crippen molar-refractivity contribution in [2.24, 2.45) is 0 Å². The van der Waals surface area contributed by atoms with Gasteiger partial charge in [-0.25, -0.2) is 0 Å². The first-order chi connectivity index (χ1) is 5.29. The highest BCUT2D eigenvalue weighted by Gasteiger charge is 2.11. The van der Waals surface area contributed by atoms with Gasteiger partial charge in [0.15, 0.2) is 16.6 Å². The van der Waals surface area contributed by atoms with E-state index in [-0.39, 0.29) is 6.61 Å². The Labute approximate surface area is 71.6 Å². The maximum absolute atomic E-state index is 10.4. The second kappa shape index (κ2) is 3.64. The Balaban J connectivity index is 2.95. The summed E-state index contributed by atoms with van der Waals surface area (Å²) in [6, 6.07) is 0. The second-order valence-electron chi connectivity index (χ2n) is 1.86. The fraction of sp³-hybridized carbons (Fsp3) is 0.333. The van der Waals surface area contributed by atoms with E-state index in [1.54, 1.807) is 0 Å². The molecule has 0 aromatic carbocycles. The van der Waals surface area contributed by atoms with E-state index in [9.17, 15) is 4.79 Å². The molecular formula is C6H6BrNO3. The molecule has 1 heterocycles. The van der Waals surface area contributed by atoms with Crippen LogP contribution >= 0.6 is 15.9 Å². The number of rotatable bonds is 3. The third kappa shape index (κ3) is 1.66. The molecule has 0 aliphatic heterocycles. The van der Waals surface area contributed by atoms with E-state index in [1.165, 1.54) is 7.11 Å². The topological polar surface area (TPSA) is 52.3 Å². The van der Waals surface area contributed by atoms with Crippen molar-refractivity contribution in [1.29, 1.82) is 0 Å². The average Bonchev–Trinajstić information content (AvgIpc) is 2.33. The lowest BCUT2D eigenvalue weighted by molar-refractivity contribution is 0.111. The molecule has 0 saturated heterocycles. The van der Waals surface area contributed by atoms with Crippen LogP contribution in [0.3, 0.4) is 0 Å². The zero-order chi connectivity index (χ0) is 8.27. The number of ether oxygens (including phenoxy) is 1. The molecule has 0 spiro atoms. The highest BCUT2D eigenvalue weighted by molar-refractivity contribution is 9.10. The third-order valence-corrected chi connectivity index (χ3v) is 1.72. The number of halogens is 1. The van der Waals surface area contributed by atoms with Crippen LogP contribution in [0, 0.1) is 0 Å². The quantitative estimate of drug-likeness (QED) is 0.722. The molecule has 0 saturated carbocycles. The lowest BCUT2D eigenvalue weighted by Gasteiger charge is -1.91. The van der Waals surface area contributed by atoms with Gasteiger partial charge in [-0.3, -0.25) is 4.79 Å². The number of aromatic nitrogens is 1. The van der Waals surface area contributed by atoms with Gasteiger partial charge in [-0.05, 0) is 15.9 Å². The van der Waals surface area contributed by atoms with Crippen LogP contribution in [-0.2, 0) is 11.3 Å². The summed E-state index contributed by atoms with van der Waals surface area (Å²) in [6.45, 7) is 0.257. The zero-order valence-corrected chi connectivity index (χ0v) is 7.42. The van der Waals surface area contributed by atoms with E-state index in [1.807, 2.05) is 0 Å². The van der Waals surface area contributed by atoms with Crippen molar-refractivity contribution < 1.29 is 14.1 Å². The average molecular weight is 220 g/mol. The van der Waals surface area contributed by atoms with Crippen LogP contribution in [0.1, 0.15) is 16.1 Å². The Morgan fingerprint density at radius 2 is 2.55 bits per heavy atom. The maximum atomic E-state index is 10.4. The fourth-order valence-corrected chi connectivity index (χ4v) is 1.05. The van der Waals surface area contributed by atoms with Crippen LogP contribution in [0.5, 0.6) is 0 Å². The van der Waals surface area contributed by atoms with Crippen molar-refractivity contribution >= 4 is 22.2 Å². The summed E-state index contributed by atoms with van der Waals surface area (Å²) in [7, 11) is 1.52. The van der Waals surface area contributed by atoms with E-state index in [2.05, 4.69) is 21.1 Å². The van der Waals surface area contributed by atoms with Crippen LogP contribution in [0.2, 0.25) is 0 Å². The molecule has 0 radical (unpaired) electrons. The molecule has 0 fully saturated rings. The van der Waals surface area contributed by atoms with Crippen LogP contribution in [-0.4, -0.2) is 18.6 Å². The molecule has 0 bridgehead atoms. The van der Waals surface area contributed by atoms with Gasteiger partial charge in [0.2, 0.25) is 0 Å². The number of hydrogen-bond donors (Lipinski definition) is 0. The van der Waals surface area contributed by atoms with Crippen molar-refractivity contribution in [2.45, 2.75) is 6.61 Å². The minimum absolute atomic E-state index is 0.257. The van der Waals surface area contributed by atoms with Gasteiger partial charge >= 0.3 is 0 Å². The van der Waals surface area contributed by atoms with E-state index >= 15 is 0 Å². The SMILES string of the molecule is COCc1onc(Br)c1C=O. The van der Waals surface area contributed by atoms with Crippen LogP contribution in [0.4, 0.5) is 0 Å². The van der Waals surface area contributed by atoms with Crippen molar-refractivity contribution in [3.63, 3.8) is 0 Å². The van der Waals surface area contributed by atoms with Gasteiger partial charge in [-0.1, -0.05) is 5.16 Å². The Morgan fingerprint density at radius 1 is 1.82 bits per heavy atom. The predicted octanol–water partition coefficient (Wildman–Crippen LogP) is 1.40. The van der Waals surface area contributed by atoms with Gasteiger partial charge < -0.3 is 9.26 Å². The minimum atomic E-state index is 0.257. The van der Waals surface area contributed by atoms with Gasteiger partial charge in [0.05, 0.1) is 5.56 Å². The summed E-state index contributed by atoms with van der Waals surface area (Å²) in [4.78, 5) is 10.4. The molecule has 0 atom stereocenters. The molecule has 11 heavy (non-hydrogen) atoms. The van der Waals surface area contributed by atoms with E-state index in [0.717, 1.165) is 0 Å². The normalized spacial score (nSPS) is 10.0. The highest BCUT2D eigenvalue weighted by Crippen LogP contribution is 2.17. The molecule has 1 aromatic rings. The summed E-state index contributed by atoms with van der Waals surface area (Å²) in [6.07, 6.45) is 0.676. The number of methoxy groups -OCH3 is 1. The summed E-state index contributed by atoms with van der Waals surface area (Å²) in [5, 5.41) is 3.54. The van der Waals surface area contributed by atoms with Gasteiger partial charge in [0.1, 0.15) is 6.61 Å². The molecule has 1 aromatic heterocycles. The number of aldehydes is 1. The highest BCUT2D eigenvalue weighted by atomic mass is 79.9. The smallest absolute Gasteiger partial charge is 0.174 e. The first kappa shape index (κ1) is 8.42. The van der Waals surface area contributed by atoms with Crippen molar-refractivity contribution in [1.82, 2.24) is 5.16 Å². The van der Waals surface area contributed by atoms with Crippen molar-refractivity contribution in [2.75, 3.05) is 7.11 Å². The molecule has 4 nitrogen and oxygen atoms in total. The summed E-state index contributed by atoms with van der Waals surface area (Å²) >= 11 is 3.06. The lowest BCUT2D eigenvalue weighted by Crippen LogP contribution is -1.89. The standard InChI is InChI=1S/C6H6BrNO3/c1-10-3-5-4(2-9)6(7)8-11-5/h2H,3H2,1H3. The summed E-state index contributed by atoms with van der Waals surface area (Å²) in [5.41, 5.74) is 0.409. The van der Waals surface area contributed by atoms with Crippen LogP contribution in [0.25, 0.3) is 0 Å². The number of carbonyl (C=O) groups is 1. The van der Waals surface area contributed by atoms with Gasteiger partial charge in [0.25, 0.3) is 0 Å². The van der Waals surface area contributed by atoms with Crippen molar-refractivity contribution in [3.8, 4) is 0 Å². The second-order valence-corrected chi connectivity index (χ2v) is 2.61. The van der Waals surface area contributed by atoms with Gasteiger partial charge in [-0.2, -0.15) is 0 Å². The van der Waals surface area contributed by atoms with Crippen LogP contribution in [0.15, 0.2) is 9.13 Å². The summed E-state index contributed by atoms with van der Waals surface area (Å²) in [5.74, 6) is 0.439. The first-order valence-corrected chi connectivity index (χ1v) is 3.67. The molecule has 0 N–H and O–H groups in total. The summed E-state index contributed by atoms with van der Waals surface area (Å²) < 4.78 is 9.96. The van der Waals surface area contributed by atoms with E-state index in [4.69, 9.17) is 9.26 Å². The Morgan fingerprint density at radius 3 is 3.09 bits per heavy atom. The Kier molecular flexibility index (Phi) is 2.78. The monoisotopic (exact) mass is 219 g/mol. The van der Waals surface area contributed by atoms with Gasteiger partial charge in [-0.15, -0.1) is 0 Å². The minimum Gasteiger partial charge on any atom is -0.377 e. The molecule has 60 valence electrons. The number of hydrogen-bond acceptors (Lipinski definition) is 4. The molecule has 0 amide bonds. The molecule has 0 aliphatic rings. The Hall–Kier alpha value is -0.680. The zero-order valence-electron chi connectivity index (χ0n) is 5.83. The van der Waals surface area contributed by atoms with E-state index < -0.39 is 0 Å². The van der Waals surface area contributed by atoms with Crippen LogP contribution < -0.4 is 0 Å². The predicted molar refractivity (Wildman–Crippen MR) is 40.3 cm³/mol.